The van der Waals surface area contributed by atoms with Crippen molar-refractivity contribution in [2.24, 2.45) is 5.73 Å². The van der Waals surface area contributed by atoms with Gasteiger partial charge in [-0.25, -0.2) is 8.78 Å². The van der Waals surface area contributed by atoms with Gasteiger partial charge in [-0.2, -0.15) is 0 Å². The molecule has 0 spiro atoms. The van der Waals surface area contributed by atoms with E-state index in [-0.39, 0.29) is 10.6 Å². The van der Waals surface area contributed by atoms with Gasteiger partial charge in [-0.15, -0.1) is 0 Å². The molecule has 6 heteroatoms. The van der Waals surface area contributed by atoms with Crippen molar-refractivity contribution < 1.29 is 13.6 Å². The Kier molecular flexibility index (Phi) is 5.15. The summed E-state index contributed by atoms with van der Waals surface area (Å²) in [5.74, 6) is -2.30. The molecule has 0 fully saturated rings. The minimum Gasteiger partial charge on any atom is -0.392 e. The number of amides is 1. The number of hydrogen-bond donors (Lipinski definition) is 2. The molecule has 1 atom stereocenters. The zero-order valence-electron chi connectivity index (χ0n) is 9.87. The Labute approximate surface area is 109 Å². The molecule has 0 saturated heterocycles. The number of benzene rings is 1. The van der Waals surface area contributed by atoms with E-state index in [4.69, 9.17) is 18.0 Å². The number of halogens is 2. The van der Waals surface area contributed by atoms with Gasteiger partial charge in [0, 0.05) is 6.07 Å². The van der Waals surface area contributed by atoms with E-state index in [1.165, 1.54) is 0 Å². The summed E-state index contributed by atoms with van der Waals surface area (Å²) < 4.78 is 26.1. The molecular formula is C12H14F2N2OS. The largest absolute Gasteiger partial charge is 0.392 e. The smallest absolute Gasteiger partial charge is 0.254 e. The quantitative estimate of drug-likeness (QED) is 0.808. The molecule has 98 valence electrons. The van der Waals surface area contributed by atoms with Crippen LogP contribution in [0.3, 0.4) is 0 Å². The van der Waals surface area contributed by atoms with E-state index in [0.717, 1.165) is 18.6 Å². The monoisotopic (exact) mass is 272 g/mol. The SMILES string of the molecule is CCCC(NC(=O)c1ccc(F)cc1F)C(N)=S. The molecule has 0 aliphatic rings. The summed E-state index contributed by atoms with van der Waals surface area (Å²) in [4.78, 5) is 11.9. The number of nitrogens with one attached hydrogen (secondary N) is 1. The lowest BCUT2D eigenvalue weighted by atomic mass is 10.1. The molecule has 0 heterocycles. The standard InChI is InChI=1S/C12H14F2N2OS/c1-2-3-10(11(15)18)16-12(17)8-5-4-7(13)6-9(8)14/h4-6,10H,2-3H2,1H3,(H2,15,18)(H,16,17). The van der Waals surface area contributed by atoms with Gasteiger partial charge in [0.25, 0.3) is 5.91 Å². The predicted molar refractivity (Wildman–Crippen MR) is 69.3 cm³/mol. The highest BCUT2D eigenvalue weighted by Crippen LogP contribution is 2.10. The predicted octanol–water partition coefficient (Wildman–Crippen LogP) is 2.15. The summed E-state index contributed by atoms with van der Waals surface area (Å²) in [5, 5.41) is 2.53. The fourth-order valence-corrected chi connectivity index (χ4v) is 1.66. The van der Waals surface area contributed by atoms with Crippen LogP contribution in [0.4, 0.5) is 8.78 Å². The first-order chi connectivity index (χ1) is 8.45. The van der Waals surface area contributed by atoms with Crippen LogP contribution in [0.1, 0.15) is 30.1 Å². The molecular weight excluding hydrogens is 258 g/mol. The van der Waals surface area contributed by atoms with Crippen molar-refractivity contribution in [3.05, 3.63) is 35.4 Å². The first kappa shape index (κ1) is 14.5. The van der Waals surface area contributed by atoms with E-state index in [2.05, 4.69) is 5.32 Å². The van der Waals surface area contributed by atoms with Gasteiger partial charge in [0.15, 0.2) is 0 Å². The van der Waals surface area contributed by atoms with Gasteiger partial charge in [-0.3, -0.25) is 4.79 Å². The van der Waals surface area contributed by atoms with E-state index < -0.39 is 23.6 Å². The number of carbonyl (C=O) groups excluding carboxylic acids is 1. The Bertz CT molecular complexity index is 465. The highest BCUT2D eigenvalue weighted by atomic mass is 32.1. The fraction of sp³-hybridized carbons (Fsp3) is 0.333. The number of carbonyl (C=O) groups is 1. The van der Waals surface area contributed by atoms with Crippen LogP contribution in [0.25, 0.3) is 0 Å². The molecule has 0 radical (unpaired) electrons. The molecule has 1 amide bonds. The summed E-state index contributed by atoms with van der Waals surface area (Å²) in [7, 11) is 0. The lowest BCUT2D eigenvalue weighted by Gasteiger charge is -2.16. The maximum absolute atomic E-state index is 13.4. The summed E-state index contributed by atoms with van der Waals surface area (Å²) >= 11 is 4.81. The van der Waals surface area contributed by atoms with Crippen LogP contribution in [0.15, 0.2) is 18.2 Å². The zero-order valence-corrected chi connectivity index (χ0v) is 10.7. The van der Waals surface area contributed by atoms with Crippen LogP contribution in [-0.4, -0.2) is 16.9 Å². The first-order valence-corrected chi connectivity index (χ1v) is 5.91. The third kappa shape index (κ3) is 3.73. The maximum Gasteiger partial charge on any atom is 0.254 e. The summed E-state index contributed by atoms with van der Waals surface area (Å²) in [6.07, 6.45) is 1.35. The first-order valence-electron chi connectivity index (χ1n) is 5.51. The second kappa shape index (κ2) is 6.39. The maximum atomic E-state index is 13.4. The number of hydrogen-bond acceptors (Lipinski definition) is 2. The highest BCUT2D eigenvalue weighted by Gasteiger charge is 2.18. The molecule has 3 nitrogen and oxygen atoms in total. The third-order valence-corrected chi connectivity index (χ3v) is 2.69. The van der Waals surface area contributed by atoms with Gasteiger partial charge in [-0.05, 0) is 18.6 Å². The minimum absolute atomic E-state index is 0.146. The average Bonchev–Trinajstić information content (AvgIpc) is 2.27. The van der Waals surface area contributed by atoms with E-state index in [1.807, 2.05) is 6.92 Å². The highest BCUT2D eigenvalue weighted by molar-refractivity contribution is 7.80. The lowest BCUT2D eigenvalue weighted by molar-refractivity contribution is 0.0941. The van der Waals surface area contributed by atoms with E-state index in [1.54, 1.807) is 0 Å². The number of rotatable bonds is 5. The third-order valence-electron chi connectivity index (χ3n) is 2.40. The topological polar surface area (TPSA) is 55.1 Å². The summed E-state index contributed by atoms with van der Waals surface area (Å²) in [5.41, 5.74) is 5.25. The van der Waals surface area contributed by atoms with Crippen molar-refractivity contribution in [1.29, 1.82) is 0 Å². The van der Waals surface area contributed by atoms with Crippen molar-refractivity contribution in [3.8, 4) is 0 Å². The van der Waals surface area contributed by atoms with Gasteiger partial charge in [0.2, 0.25) is 0 Å². The van der Waals surface area contributed by atoms with Crippen molar-refractivity contribution in [2.75, 3.05) is 0 Å². The Morgan fingerprint density at radius 2 is 2.17 bits per heavy atom. The normalized spacial score (nSPS) is 11.9. The van der Waals surface area contributed by atoms with Crippen LogP contribution in [0.2, 0.25) is 0 Å². The molecule has 1 unspecified atom stereocenters. The average molecular weight is 272 g/mol. The van der Waals surface area contributed by atoms with Crippen molar-refractivity contribution in [2.45, 2.75) is 25.8 Å². The van der Waals surface area contributed by atoms with Crippen molar-refractivity contribution in [3.63, 3.8) is 0 Å². The molecule has 0 bridgehead atoms. The van der Waals surface area contributed by atoms with Crippen LogP contribution in [-0.2, 0) is 0 Å². The molecule has 1 rings (SSSR count). The van der Waals surface area contributed by atoms with Gasteiger partial charge in [-0.1, -0.05) is 25.6 Å². The molecule has 0 aromatic heterocycles. The molecule has 3 N–H and O–H groups in total. The van der Waals surface area contributed by atoms with Crippen LogP contribution in [0.5, 0.6) is 0 Å². The molecule has 0 aliphatic heterocycles. The van der Waals surface area contributed by atoms with Gasteiger partial charge >= 0.3 is 0 Å². The minimum atomic E-state index is -0.911. The summed E-state index contributed by atoms with van der Waals surface area (Å²) in [6.45, 7) is 1.91. The van der Waals surface area contributed by atoms with Gasteiger partial charge in [0.05, 0.1) is 16.6 Å². The van der Waals surface area contributed by atoms with Crippen LogP contribution in [0, 0.1) is 11.6 Å². The van der Waals surface area contributed by atoms with E-state index >= 15 is 0 Å². The van der Waals surface area contributed by atoms with Crippen molar-refractivity contribution >= 4 is 23.1 Å². The van der Waals surface area contributed by atoms with Gasteiger partial charge in [0.1, 0.15) is 11.6 Å². The second-order valence-corrected chi connectivity index (χ2v) is 4.31. The Morgan fingerprint density at radius 3 is 2.67 bits per heavy atom. The second-order valence-electron chi connectivity index (χ2n) is 3.84. The molecule has 0 saturated carbocycles. The number of nitrogens with two attached hydrogens (primary N) is 1. The zero-order chi connectivity index (χ0) is 13.7. The fourth-order valence-electron chi connectivity index (χ4n) is 1.48. The number of thiocarbonyl (C=S) groups is 1. The Hall–Kier alpha value is -1.56. The van der Waals surface area contributed by atoms with Crippen LogP contribution < -0.4 is 11.1 Å². The lowest BCUT2D eigenvalue weighted by Crippen LogP contribution is -2.43. The van der Waals surface area contributed by atoms with Gasteiger partial charge < -0.3 is 11.1 Å². The summed E-state index contributed by atoms with van der Waals surface area (Å²) in [6, 6.07) is 2.28. The van der Waals surface area contributed by atoms with Crippen molar-refractivity contribution in [1.82, 2.24) is 5.32 Å². The molecule has 1 aromatic rings. The molecule has 0 aliphatic carbocycles. The Morgan fingerprint density at radius 1 is 1.50 bits per heavy atom. The van der Waals surface area contributed by atoms with E-state index in [0.29, 0.717) is 12.5 Å². The van der Waals surface area contributed by atoms with E-state index in [9.17, 15) is 13.6 Å². The Balaban J connectivity index is 2.83. The van der Waals surface area contributed by atoms with Crippen LogP contribution >= 0.6 is 12.2 Å². The molecule has 18 heavy (non-hydrogen) atoms. The molecule has 1 aromatic carbocycles.